The van der Waals surface area contributed by atoms with Gasteiger partial charge in [-0.1, -0.05) is 29.4 Å². The Morgan fingerprint density at radius 1 is 0.976 bits per heavy atom. The first kappa shape index (κ1) is 26.5. The van der Waals surface area contributed by atoms with Crippen LogP contribution in [0.4, 0.5) is 10.1 Å². The van der Waals surface area contributed by atoms with Gasteiger partial charge >= 0.3 is 0 Å². The topological polar surface area (TPSA) is 119 Å². The largest absolute Gasteiger partial charge is 0.339 e. The number of fused-ring (bicyclic) bond motifs is 3. The minimum Gasteiger partial charge on any atom is -0.339 e. The molecule has 0 spiro atoms. The lowest BCUT2D eigenvalue weighted by Gasteiger charge is -2.65. The maximum absolute atomic E-state index is 14.6. The molecule has 0 saturated heterocycles. The lowest BCUT2D eigenvalue weighted by atomic mass is 9.41. The Morgan fingerprint density at radius 3 is 2.24 bits per heavy atom. The highest BCUT2D eigenvalue weighted by Gasteiger charge is 2.73. The van der Waals surface area contributed by atoms with Crippen molar-refractivity contribution in [3.63, 3.8) is 0 Å². The zero-order valence-electron chi connectivity index (χ0n) is 23.5. The zero-order chi connectivity index (χ0) is 29.0. The predicted molar refractivity (Wildman–Crippen MR) is 154 cm³/mol. The van der Waals surface area contributed by atoms with E-state index in [2.05, 4.69) is 5.16 Å². The Kier molecular flexibility index (Phi) is 5.51. The van der Waals surface area contributed by atoms with Gasteiger partial charge in [-0.15, -0.1) is 0 Å². The van der Waals surface area contributed by atoms with Crippen molar-refractivity contribution in [1.82, 2.24) is 10.1 Å². The molecular weight excluding hydrogens is 555 g/mol. The third-order valence-corrected chi connectivity index (χ3v) is 12.0. The van der Waals surface area contributed by atoms with Crippen LogP contribution >= 0.6 is 0 Å². The summed E-state index contributed by atoms with van der Waals surface area (Å²) in [6, 6.07) is 14.2. The second-order valence-electron chi connectivity index (χ2n) is 14.0. The van der Waals surface area contributed by atoms with Crippen molar-refractivity contribution >= 4 is 21.6 Å². The van der Waals surface area contributed by atoms with Gasteiger partial charge in [-0.3, -0.25) is 4.79 Å². The molecule has 10 rings (SSSR count). The molecule has 0 atom stereocenters. The van der Waals surface area contributed by atoms with Crippen molar-refractivity contribution in [2.45, 2.75) is 92.5 Å². The molecule has 2 aromatic carbocycles. The van der Waals surface area contributed by atoms with Gasteiger partial charge in [-0.25, -0.2) is 17.9 Å². The smallest absolute Gasteiger partial charge is 0.238 e. The number of hydrogen-bond donors (Lipinski definition) is 1. The van der Waals surface area contributed by atoms with Crippen molar-refractivity contribution < 1.29 is 22.1 Å². The third kappa shape index (κ3) is 4.16. The van der Waals surface area contributed by atoms with Gasteiger partial charge in [0.2, 0.25) is 21.8 Å². The molecule has 7 aliphatic rings. The maximum Gasteiger partial charge on any atom is 0.238 e. The summed E-state index contributed by atoms with van der Waals surface area (Å²) in [4.78, 5) is 21.0. The molecule has 7 fully saturated rings. The van der Waals surface area contributed by atoms with Crippen LogP contribution in [-0.4, -0.2) is 36.7 Å². The molecule has 42 heavy (non-hydrogen) atoms. The van der Waals surface area contributed by atoms with Crippen molar-refractivity contribution in [3.05, 3.63) is 60.2 Å². The van der Waals surface area contributed by atoms with E-state index in [-0.39, 0.29) is 21.6 Å². The molecule has 0 unspecified atom stereocenters. The van der Waals surface area contributed by atoms with Crippen LogP contribution in [0.2, 0.25) is 0 Å². The number of primary sulfonamides is 1. The lowest BCUT2D eigenvalue weighted by molar-refractivity contribution is -0.211. The first-order valence-electron chi connectivity index (χ1n) is 15.1. The Bertz CT molecular complexity index is 1670. The first-order chi connectivity index (χ1) is 20.0. The number of sulfonamides is 1. The van der Waals surface area contributed by atoms with E-state index in [1.54, 1.807) is 12.1 Å². The fourth-order valence-corrected chi connectivity index (χ4v) is 8.84. The van der Waals surface area contributed by atoms with Crippen LogP contribution in [0.3, 0.4) is 0 Å². The number of nitrogens with two attached hydrogens (primary N) is 1. The summed E-state index contributed by atoms with van der Waals surface area (Å²) >= 11 is 0. The first-order valence-corrected chi connectivity index (χ1v) is 16.6. The summed E-state index contributed by atoms with van der Waals surface area (Å²) in [5.41, 5.74) is 0.379. The monoisotopic (exact) mass is 590 g/mol. The van der Waals surface area contributed by atoms with Gasteiger partial charge in [0.25, 0.3) is 0 Å². The van der Waals surface area contributed by atoms with Gasteiger partial charge < -0.3 is 9.42 Å². The lowest BCUT2D eigenvalue weighted by Crippen LogP contribution is -2.71. The van der Waals surface area contributed by atoms with Gasteiger partial charge in [-0.2, -0.15) is 4.98 Å². The van der Waals surface area contributed by atoms with Gasteiger partial charge in [0.15, 0.2) is 5.82 Å². The Morgan fingerprint density at radius 2 is 1.62 bits per heavy atom. The Balaban J connectivity index is 1.09. The minimum atomic E-state index is -3.86. The highest BCUT2D eigenvalue weighted by atomic mass is 32.2. The van der Waals surface area contributed by atoms with Crippen molar-refractivity contribution in [2.75, 3.05) is 11.4 Å². The molecule has 0 aliphatic heterocycles. The van der Waals surface area contributed by atoms with Crippen molar-refractivity contribution in [2.24, 2.45) is 16.0 Å². The van der Waals surface area contributed by atoms with Crippen LogP contribution < -0.4 is 10.0 Å². The van der Waals surface area contributed by atoms with Crippen molar-refractivity contribution in [1.29, 1.82) is 0 Å². The normalized spacial score (nSPS) is 33.1. The average molecular weight is 591 g/mol. The Hall–Kier alpha value is -3.11. The van der Waals surface area contributed by atoms with Crippen LogP contribution in [0.1, 0.15) is 88.3 Å². The fourth-order valence-electron chi connectivity index (χ4n) is 8.28. The highest BCUT2D eigenvalue weighted by Crippen LogP contribution is 2.70. The van der Waals surface area contributed by atoms with E-state index in [1.807, 2.05) is 35.2 Å². The summed E-state index contributed by atoms with van der Waals surface area (Å²) in [6.07, 6.45) is 8.98. The maximum atomic E-state index is 14.6. The molecule has 10 heteroatoms. The molecule has 2 N–H and O–H groups in total. The van der Waals surface area contributed by atoms with Gasteiger partial charge in [0.1, 0.15) is 5.67 Å². The van der Waals surface area contributed by atoms with Crippen LogP contribution in [0.15, 0.2) is 57.9 Å². The molecular formula is C32H35FN4O4S. The summed E-state index contributed by atoms with van der Waals surface area (Å²) in [5.74, 6) is 2.13. The zero-order valence-corrected chi connectivity index (χ0v) is 24.3. The number of anilines is 1. The van der Waals surface area contributed by atoms with Crippen LogP contribution in [0, 0.1) is 10.8 Å². The number of hydrogen-bond acceptors (Lipinski definition) is 6. The van der Waals surface area contributed by atoms with Gasteiger partial charge in [0, 0.05) is 23.6 Å². The number of amides is 1. The number of nitrogens with zero attached hydrogens (tertiary/aromatic N) is 3. The molecule has 3 aromatic rings. The second-order valence-corrected chi connectivity index (χ2v) is 15.5. The molecule has 0 radical (unpaired) electrons. The molecule has 1 aromatic heterocycles. The van der Waals surface area contributed by atoms with Gasteiger partial charge in [0.05, 0.1) is 10.3 Å². The van der Waals surface area contributed by atoms with E-state index in [4.69, 9.17) is 14.6 Å². The second kappa shape index (κ2) is 8.72. The van der Waals surface area contributed by atoms with Crippen molar-refractivity contribution in [3.8, 4) is 11.1 Å². The number of carbonyl (C=O) groups is 1. The summed E-state index contributed by atoms with van der Waals surface area (Å²) in [7, 11) is -3.86. The minimum absolute atomic E-state index is 0.0141. The average Bonchev–Trinajstić information content (AvgIpc) is 3.69. The van der Waals surface area contributed by atoms with E-state index < -0.39 is 21.1 Å². The number of rotatable bonds is 8. The van der Waals surface area contributed by atoms with E-state index in [9.17, 15) is 17.6 Å². The summed E-state index contributed by atoms with van der Waals surface area (Å²) in [6.45, 7) is 0.584. The molecule has 7 aliphatic carbocycles. The summed E-state index contributed by atoms with van der Waals surface area (Å²) < 4.78 is 44.3. The predicted octanol–water partition coefficient (Wildman–Crippen LogP) is 5.78. The fraction of sp³-hybridized carbons (Fsp3) is 0.531. The number of carbonyl (C=O) groups excluding carboxylic acids is 1. The molecule has 8 nitrogen and oxygen atoms in total. The van der Waals surface area contributed by atoms with Crippen LogP contribution in [0.25, 0.3) is 11.1 Å². The summed E-state index contributed by atoms with van der Waals surface area (Å²) in [5, 5.41) is 9.67. The molecule has 220 valence electrons. The van der Waals surface area contributed by atoms with E-state index >= 15 is 0 Å². The number of benzene rings is 2. The highest BCUT2D eigenvalue weighted by molar-refractivity contribution is 7.89. The molecule has 7 saturated carbocycles. The standard InChI is InChI=1S/C32H35FN4O4S/c33-32-17-31(18-32,19-32)28(38)37(24-5-1-3-22(15-24)23-4-2-6-25(16-23)42(34,39)40)20-29-9-12-30(13-10-29,14-11-29)27-35-26(36-41-27)21-7-8-21/h1-6,15-16,21H,7-14,17-20H2,(H2,34,39,40). The molecule has 4 bridgehead atoms. The van der Waals surface area contributed by atoms with E-state index in [1.165, 1.54) is 6.07 Å². The third-order valence-electron chi connectivity index (χ3n) is 11.1. The number of aromatic nitrogens is 2. The number of alkyl halides is 1. The van der Waals surface area contributed by atoms with Crippen LogP contribution in [0.5, 0.6) is 0 Å². The van der Waals surface area contributed by atoms with Crippen LogP contribution in [-0.2, 0) is 20.2 Å². The molecule has 1 amide bonds. The quantitative estimate of drug-likeness (QED) is 0.355. The Labute approximate surface area is 244 Å². The number of halogens is 1. The van der Waals surface area contributed by atoms with Gasteiger partial charge in [-0.05, 0) is 111 Å². The van der Waals surface area contributed by atoms with E-state index in [0.717, 1.165) is 74.3 Å². The SMILES string of the molecule is NS(=O)(=O)c1cccc(-c2cccc(N(CC34CCC(c5nc(C6CC6)no5)(CC3)CC4)C(=O)C34CC(F)(C3)C4)c2)c1. The van der Waals surface area contributed by atoms with E-state index in [0.29, 0.717) is 37.3 Å². The molecule has 1 heterocycles.